The fourth-order valence-corrected chi connectivity index (χ4v) is 2.30. The number of hydrogen-bond acceptors (Lipinski definition) is 5. The quantitative estimate of drug-likeness (QED) is 0.716. The molecule has 0 atom stereocenters. The van der Waals surface area contributed by atoms with Gasteiger partial charge in [-0.25, -0.2) is 9.67 Å². The lowest BCUT2D eigenvalue weighted by Gasteiger charge is -2.11. The maximum absolute atomic E-state index is 12.4. The van der Waals surface area contributed by atoms with E-state index in [4.69, 9.17) is 9.47 Å². The zero-order valence-electron chi connectivity index (χ0n) is 13.8. The molecule has 128 valence electrons. The predicted octanol–water partition coefficient (Wildman–Crippen LogP) is 2.62. The molecule has 3 rings (SSSR count). The molecule has 1 aromatic heterocycles. The lowest BCUT2D eigenvalue weighted by molar-refractivity contribution is 0.102. The van der Waals surface area contributed by atoms with Gasteiger partial charge in [0.1, 0.15) is 30.8 Å². The van der Waals surface area contributed by atoms with E-state index in [0.717, 1.165) is 0 Å². The smallest absolute Gasteiger partial charge is 0.259 e. The second-order valence-corrected chi connectivity index (χ2v) is 5.19. The third-order valence-corrected chi connectivity index (χ3v) is 3.50. The average Bonchev–Trinajstić information content (AvgIpc) is 3.15. The third kappa shape index (κ3) is 4.35. The Kier molecular flexibility index (Phi) is 5.26. The van der Waals surface area contributed by atoms with Crippen molar-refractivity contribution < 1.29 is 14.3 Å². The standard InChI is InChI=1S/C18H18N4O3/c1-24-17-8-3-2-7-16(17)18(23)21-14-5-4-6-15(11-14)25-10-9-22-13-19-12-20-22/h2-8,11-13H,9-10H2,1H3,(H,21,23). The number of amides is 1. The Morgan fingerprint density at radius 1 is 1.20 bits per heavy atom. The lowest BCUT2D eigenvalue weighted by Crippen LogP contribution is -2.13. The Morgan fingerprint density at radius 2 is 2.08 bits per heavy atom. The lowest BCUT2D eigenvalue weighted by atomic mass is 10.2. The van der Waals surface area contributed by atoms with E-state index in [0.29, 0.717) is 35.9 Å². The summed E-state index contributed by atoms with van der Waals surface area (Å²) in [7, 11) is 1.54. The van der Waals surface area contributed by atoms with Crippen molar-refractivity contribution in [2.75, 3.05) is 19.0 Å². The fraction of sp³-hybridized carbons (Fsp3) is 0.167. The molecule has 0 unspecified atom stereocenters. The maximum Gasteiger partial charge on any atom is 0.259 e. The molecule has 1 amide bonds. The number of para-hydroxylation sites is 1. The minimum Gasteiger partial charge on any atom is -0.496 e. The molecule has 0 spiro atoms. The van der Waals surface area contributed by atoms with Gasteiger partial charge in [0.2, 0.25) is 0 Å². The van der Waals surface area contributed by atoms with E-state index in [1.54, 1.807) is 41.3 Å². The van der Waals surface area contributed by atoms with Crippen molar-refractivity contribution in [2.45, 2.75) is 6.54 Å². The van der Waals surface area contributed by atoms with Gasteiger partial charge in [0.05, 0.1) is 19.2 Å². The van der Waals surface area contributed by atoms with Gasteiger partial charge in [-0.1, -0.05) is 18.2 Å². The largest absolute Gasteiger partial charge is 0.496 e. The summed E-state index contributed by atoms with van der Waals surface area (Å²) < 4.78 is 12.6. The summed E-state index contributed by atoms with van der Waals surface area (Å²) >= 11 is 0. The van der Waals surface area contributed by atoms with Gasteiger partial charge in [-0.3, -0.25) is 4.79 Å². The molecule has 3 aromatic rings. The highest BCUT2D eigenvalue weighted by atomic mass is 16.5. The number of rotatable bonds is 7. The van der Waals surface area contributed by atoms with Crippen molar-refractivity contribution in [3.05, 3.63) is 66.7 Å². The molecule has 0 aliphatic rings. The number of ether oxygens (including phenoxy) is 2. The number of carbonyl (C=O) groups is 1. The highest BCUT2D eigenvalue weighted by molar-refractivity contribution is 6.06. The van der Waals surface area contributed by atoms with E-state index in [1.165, 1.54) is 13.4 Å². The summed E-state index contributed by atoms with van der Waals surface area (Å²) in [6.07, 6.45) is 3.11. The van der Waals surface area contributed by atoms with Crippen molar-refractivity contribution in [3.63, 3.8) is 0 Å². The highest BCUT2D eigenvalue weighted by Gasteiger charge is 2.11. The topological polar surface area (TPSA) is 78.3 Å². The molecule has 0 saturated carbocycles. The molecular weight excluding hydrogens is 320 g/mol. The molecule has 0 bridgehead atoms. The molecule has 0 aliphatic heterocycles. The average molecular weight is 338 g/mol. The Balaban J connectivity index is 1.62. The molecule has 0 fully saturated rings. The van der Waals surface area contributed by atoms with Crippen LogP contribution in [-0.4, -0.2) is 34.4 Å². The molecule has 2 aromatic carbocycles. The van der Waals surface area contributed by atoms with Gasteiger partial charge in [0, 0.05) is 11.8 Å². The summed E-state index contributed by atoms with van der Waals surface area (Å²) in [4.78, 5) is 16.3. The normalized spacial score (nSPS) is 10.3. The van der Waals surface area contributed by atoms with E-state index < -0.39 is 0 Å². The van der Waals surface area contributed by atoms with Crippen LogP contribution < -0.4 is 14.8 Å². The first kappa shape index (κ1) is 16.5. The predicted molar refractivity (Wildman–Crippen MR) is 92.9 cm³/mol. The first-order chi connectivity index (χ1) is 12.3. The molecule has 1 N–H and O–H groups in total. The second kappa shape index (κ2) is 7.96. The maximum atomic E-state index is 12.4. The van der Waals surface area contributed by atoms with Crippen molar-refractivity contribution in [3.8, 4) is 11.5 Å². The molecule has 1 heterocycles. The first-order valence-electron chi connectivity index (χ1n) is 7.76. The number of hydrogen-bond donors (Lipinski definition) is 1. The fourth-order valence-electron chi connectivity index (χ4n) is 2.30. The van der Waals surface area contributed by atoms with Crippen molar-refractivity contribution >= 4 is 11.6 Å². The van der Waals surface area contributed by atoms with Crippen LogP contribution in [0.15, 0.2) is 61.2 Å². The summed E-state index contributed by atoms with van der Waals surface area (Å²) in [5.74, 6) is 0.954. The molecule has 7 heteroatoms. The van der Waals surface area contributed by atoms with Gasteiger partial charge < -0.3 is 14.8 Å². The summed E-state index contributed by atoms with van der Waals surface area (Å²) in [5.41, 5.74) is 1.12. The molecule has 0 aliphatic carbocycles. The number of aromatic nitrogens is 3. The highest BCUT2D eigenvalue weighted by Crippen LogP contribution is 2.21. The van der Waals surface area contributed by atoms with Gasteiger partial charge in [-0.2, -0.15) is 5.10 Å². The van der Waals surface area contributed by atoms with Gasteiger partial charge in [0.15, 0.2) is 0 Å². The van der Waals surface area contributed by atoms with Crippen LogP contribution in [0, 0.1) is 0 Å². The molecule has 25 heavy (non-hydrogen) atoms. The van der Waals surface area contributed by atoms with Gasteiger partial charge >= 0.3 is 0 Å². The Labute approximate surface area is 145 Å². The zero-order chi connectivity index (χ0) is 17.5. The van der Waals surface area contributed by atoms with E-state index in [2.05, 4.69) is 15.4 Å². The van der Waals surface area contributed by atoms with Gasteiger partial charge in [-0.15, -0.1) is 0 Å². The number of nitrogens with zero attached hydrogens (tertiary/aromatic N) is 3. The second-order valence-electron chi connectivity index (χ2n) is 5.19. The van der Waals surface area contributed by atoms with E-state index in [1.807, 2.05) is 18.2 Å². The minimum atomic E-state index is -0.239. The Morgan fingerprint density at radius 3 is 2.88 bits per heavy atom. The van der Waals surface area contributed by atoms with Crippen LogP contribution in [0.2, 0.25) is 0 Å². The first-order valence-corrected chi connectivity index (χ1v) is 7.76. The van der Waals surface area contributed by atoms with Crippen LogP contribution >= 0.6 is 0 Å². The van der Waals surface area contributed by atoms with Gasteiger partial charge in [-0.05, 0) is 24.3 Å². The van der Waals surface area contributed by atoms with Crippen LogP contribution in [0.25, 0.3) is 0 Å². The number of methoxy groups -OCH3 is 1. The van der Waals surface area contributed by atoms with Crippen molar-refractivity contribution in [1.82, 2.24) is 14.8 Å². The summed E-state index contributed by atoms with van der Waals surface area (Å²) in [6.45, 7) is 1.05. The minimum absolute atomic E-state index is 0.239. The number of carbonyl (C=O) groups excluding carboxylic acids is 1. The van der Waals surface area contributed by atoms with Crippen molar-refractivity contribution in [1.29, 1.82) is 0 Å². The van der Waals surface area contributed by atoms with Crippen molar-refractivity contribution in [2.24, 2.45) is 0 Å². The molecule has 7 nitrogen and oxygen atoms in total. The van der Waals surface area contributed by atoms with Crippen LogP contribution in [0.4, 0.5) is 5.69 Å². The third-order valence-electron chi connectivity index (χ3n) is 3.50. The van der Waals surface area contributed by atoms with Crippen LogP contribution in [-0.2, 0) is 6.54 Å². The molecular formula is C18H18N4O3. The SMILES string of the molecule is COc1ccccc1C(=O)Nc1cccc(OCCn2cncn2)c1. The molecule has 0 saturated heterocycles. The Hall–Kier alpha value is -3.35. The van der Waals surface area contributed by atoms with E-state index in [9.17, 15) is 4.79 Å². The van der Waals surface area contributed by atoms with Gasteiger partial charge in [0.25, 0.3) is 5.91 Å². The Bertz CT molecular complexity index is 834. The van der Waals surface area contributed by atoms with Crippen LogP contribution in [0.1, 0.15) is 10.4 Å². The zero-order valence-corrected chi connectivity index (χ0v) is 13.8. The van der Waals surface area contributed by atoms with Crippen LogP contribution in [0.5, 0.6) is 11.5 Å². The number of anilines is 1. The summed E-state index contributed by atoms with van der Waals surface area (Å²) in [5, 5.41) is 6.86. The molecule has 0 radical (unpaired) electrons. The number of benzene rings is 2. The monoisotopic (exact) mass is 338 g/mol. The van der Waals surface area contributed by atoms with E-state index >= 15 is 0 Å². The number of nitrogens with one attached hydrogen (secondary N) is 1. The van der Waals surface area contributed by atoms with Crippen LogP contribution in [0.3, 0.4) is 0 Å². The summed E-state index contributed by atoms with van der Waals surface area (Å²) in [6, 6.07) is 14.3. The van der Waals surface area contributed by atoms with E-state index in [-0.39, 0.29) is 5.91 Å².